The molecule has 0 fully saturated rings. The van der Waals surface area contributed by atoms with E-state index in [4.69, 9.17) is 6.42 Å². The zero-order valence-corrected chi connectivity index (χ0v) is 15.1. The Labute approximate surface area is 164 Å². The third kappa shape index (κ3) is 3.55. The van der Waals surface area contributed by atoms with Gasteiger partial charge in [-0.1, -0.05) is 5.92 Å². The van der Waals surface area contributed by atoms with E-state index in [0.29, 0.717) is 30.0 Å². The molecule has 8 heteroatoms. The second-order valence-electron chi connectivity index (χ2n) is 6.54. The maximum absolute atomic E-state index is 14.2. The lowest BCUT2D eigenvalue weighted by molar-refractivity contribution is 0.194. The third-order valence-electron chi connectivity index (χ3n) is 4.75. The van der Waals surface area contributed by atoms with Gasteiger partial charge in [0.25, 0.3) is 0 Å². The van der Waals surface area contributed by atoms with Crippen LogP contribution in [-0.4, -0.2) is 27.3 Å². The van der Waals surface area contributed by atoms with Crippen LogP contribution in [0.3, 0.4) is 0 Å². The van der Waals surface area contributed by atoms with E-state index >= 15 is 0 Å². The minimum absolute atomic E-state index is 0.0496. The van der Waals surface area contributed by atoms with Crippen molar-refractivity contribution in [3.8, 4) is 23.5 Å². The monoisotopic (exact) mass is 396 g/mol. The number of aromatic nitrogens is 2. The van der Waals surface area contributed by atoms with Crippen LogP contribution in [0.1, 0.15) is 11.3 Å². The Kier molecular flexibility index (Phi) is 4.72. The minimum Gasteiger partial charge on any atom is -0.317 e. The molecule has 0 saturated carbocycles. The standard InChI is InChI=1S/C21H15F3N4O/c1-2-13-9-15(4-6-18(13)23)26-21(29)27-7-8-28-20(12-27)17(11-25-28)16-5-3-14(22)10-19(16)24/h1,3-6,9-11H,7-8,12H2,(H,26,29). The van der Waals surface area contributed by atoms with Gasteiger partial charge in [0.1, 0.15) is 17.5 Å². The number of amides is 2. The fraction of sp³-hybridized carbons (Fsp3) is 0.143. The molecule has 0 bridgehead atoms. The number of urea groups is 1. The molecule has 4 rings (SSSR count). The zero-order chi connectivity index (χ0) is 20.5. The van der Waals surface area contributed by atoms with E-state index in [9.17, 15) is 18.0 Å². The van der Waals surface area contributed by atoms with Gasteiger partial charge in [-0.05, 0) is 30.3 Å². The molecule has 1 aliphatic rings. The van der Waals surface area contributed by atoms with Crippen molar-refractivity contribution in [3.05, 3.63) is 71.3 Å². The number of carbonyl (C=O) groups excluding carboxylic acids is 1. The average Bonchev–Trinajstić information content (AvgIpc) is 3.12. The Morgan fingerprint density at radius 3 is 2.66 bits per heavy atom. The molecule has 2 heterocycles. The first kappa shape index (κ1) is 18.6. The Morgan fingerprint density at radius 2 is 1.90 bits per heavy atom. The zero-order valence-electron chi connectivity index (χ0n) is 15.1. The minimum atomic E-state index is -0.699. The Morgan fingerprint density at radius 1 is 1.07 bits per heavy atom. The van der Waals surface area contributed by atoms with Crippen molar-refractivity contribution in [1.82, 2.24) is 14.7 Å². The summed E-state index contributed by atoms with van der Waals surface area (Å²) in [6, 6.07) is 6.91. The first-order valence-corrected chi connectivity index (χ1v) is 8.78. The predicted octanol–water partition coefficient (Wildman–Crippen LogP) is 4.00. The summed E-state index contributed by atoms with van der Waals surface area (Å²) in [7, 11) is 0. The van der Waals surface area contributed by atoms with Crippen LogP contribution < -0.4 is 5.32 Å². The van der Waals surface area contributed by atoms with Gasteiger partial charge in [0, 0.05) is 29.4 Å². The topological polar surface area (TPSA) is 50.2 Å². The van der Waals surface area contributed by atoms with E-state index in [1.54, 1.807) is 4.68 Å². The number of benzene rings is 2. The lowest BCUT2D eigenvalue weighted by Crippen LogP contribution is -2.41. The van der Waals surface area contributed by atoms with Crippen LogP contribution in [0.2, 0.25) is 0 Å². The molecule has 29 heavy (non-hydrogen) atoms. The van der Waals surface area contributed by atoms with Gasteiger partial charge in [0.05, 0.1) is 30.5 Å². The molecule has 1 N–H and O–H groups in total. The van der Waals surface area contributed by atoms with Gasteiger partial charge in [-0.15, -0.1) is 6.42 Å². The smallest absolute Gasteiger partial charge is 0.317 e. The van der Waals surface area contributed by atoms with Gasteiger partial charge in [0.2, 0.25) is 0 Å². The number of rotatable bonds is 2. The second kappa shape index (κ2) is 7.36. The van der Waals surface area contributed by atoms with E-state index < -0.39 is 23.5 Å². The number of carbonyl (C=O) groups is 1. The fourth-order valence-electron chi connectivity index (χ4n) is 3.27. The summed E-state index contributed by atoms with van der Waals surface area (Å²) in [5.74, 6) is 0.310. The first-order valence-electron chi connectivity index (χ1n) is 8.78. The van der Waals surface area contributed by atoms with Gasteiger partial charge in [-0.3, -0.25) is 4.68 Å². The highest BCUT2D eigenvalue weighted by molar-refractivity contribution is 5.89. The summed E-state index contributed by atoms with van der Waals surface area (Å²) >= 11 is 0. The highest BCUT2D eigenvalue weighted by Gasteiger charge is 2.25. The van der Waals surface area contributed by atoms with Gasteiger partial charge >= 0.3 is 6.03 Å². The maximum atomic E-state index is 14.2. The molecule has 146 valence electrons. The van der Waals surface area contributed by atoms with E-state index in [0.717, 1.165) is 6.07 Å². The van der Waals surface area contributed by atoms with E-state index in [2.05, 4.69) is 16.3 Å². The molecular formula is C21H15F3N4O. The van der Waals surface area contributed by atoms with Crippen molar-refractivity contribution in [3.63, 3.8) is 0 Å². The largest absolute Gasteiger partial charge is 0.322 e. The van der Waals surface area contributed by atoms with Crippen LogP contribution in [0.5, 0.6) is 0 Å². The molecule has 0 atom stereocenters. The summed E-state index contributed by atoms with van der Waals surface area (Å²) in [6.45, 7) is 0.987. The number of terminal acetylenes is 1. The molecule has 3 aromatic rings. The SMILES string of the molecule is C#Cc1cc(NC(=O)N2CCn3ncc(-c4ccc(F)cc4F)c3C2)ccc1F. The number of hydrogen-bond acceptors (Lipinski definition) is 2. The molecule has 0 unspecified atom stereocenters. The number of anilines is 1. The number of halogens is 3. The summed E-state index contributed by atoms with van der Waals surface area (Å²) in [4.78, 5) is 14.2. The molecule has 0 aliphatic carbocycles. The van der Waals surface area contributed by atoms with Crippen molar-refractivity contribution in [2.24, 2.45) is 0 Å². The molecule has 0 radical (unpaired) electrons. The number of nitrogens with zero attached hydrogens (tertiary/aromatic N) is 3. The molecule has 2 amide bonds. The highest BCUT2D eigenvalue weighted by Crippen LogP contribution is 2.29. The third-order valence-corrected chi connectivity index (χ3v) is 4.75. The second-order valence-corrected chi connectivity index (χ2v) is 6.54. The summed E-state index contributed by atoms with van der Waals surface area (Å²) < 4.78 is 42.7. The van der Waals surface area contributed by atoms with Crippen molar-refractivity contribution >= 4 is 11.7 Å². The lowest BCUT2D eigenvalue weighted by Gasteiger charge is -2.28. The van der Waals surface area contributed by atoms with Gasteiger partial charge in [-0.2, -0.15) is 5.10 Å². The normalized spacial score (nSPS) is 13.0. The number of hydrogen-bond donors (Lipinski definition) is 1. The van der Waals surface area contributed by atoms with Crippen LogP contribution in [0.25, 0.3) is 11.1 Å². The molecule has 0 saturated heterocycles. The molecule has 5 nitrogen and oxygen atoms in total. The number of nitrogens with one attached hydrogen (secondary N) is 1. The summed E-state index contributed by atoms with van der Waals surface area (Å²) in [5.41, 5.74) is 1.77. The quantitative estimate of drug-likeness (QED) is 0.666. The van der Waals surface area contributed by atoms with Crippen molar-refractivity contribution in [1.29, 1.82) is 0 Å². The highest BCUT2D eigenvalue weighted by atomic mass is 19.1. The first-order chi connectivity index (χ1) is 14.0. The van der Waals surface area contributed by atoms with Crippen molar-refractivity contribution in [2.75, 3.05) is 11.9 Å². The molecular weight excluding hydrogens is 381 g/mol. The van der Waals surface area contributed by atoms with Gasteiger partial charge in [-0.25, -0.2) is 18.0 Å². The summed E-state index contributed by atoms with van der Waals surface area (Å²) in [6.07, 6.45) is 6.76. The number of fused-ring (bicyclic) bond motifs is 1. The van der Waals surface area contributed by atoms with Crippen LogP contribution in [0.15, 0.2) is 42.6 Å². The molecule has 0 spiro atoms. The lowest BCUT2D eigenvalue weighted by atomic mass is 10.0. The van der Waals surface area contributed by atoms with E-state index in [-0.39, 0.29) is 17.7 Å². The Balaban J connectivity index is 1.56. The Hall–Kier alpha value is -3.73. The van der Waals surface area contributed by atoms with Crippen LogP contribution in [0, 0.1) is 29.8 Å². The van der Waals surface area contributed by atoms with Gasteiger partial charge in [0.15, 0.2) is 0 Å². The molecule has 1 aliphatic heterocycles. The van der Waals surface area contributed by atoms with E-state index in [1.807, 2.05) is 0 Å². The van der Waals surface area contributed by atoms with Gasteiger partial charge < -0.3 is 10.2 Å². The average molecular weight is 396 g/mol. The predicted molar refractivity (Wildman–Crippen MR) is 101 cm³/mol. The maximum Gasteiger partial charge on any atom is 0.322 e. The summed E-state index contributed by atoms with van der Waals surface area (Å²) in [5, 5.41) is 6.93. The fourth-order valence-corrected chi connectivity index (χ4v) is 3.27. The van der Waals surface area contributed by atoms with Crippen LogP contribution in [-0.2, 0) is 13.1 Å². The van der Waals surface area contributed by atoms with E-state index in [1.165, 1.54) is 41.4 Å². The Bertz CT molecular complexity index is 1150. The van der Waals surface area contributed by atoms with Crippen molar-refractivity contribution in [2.45, 2.75) is 13.1 Å². The molecule has 2 aromatic carbocycles. The van der Waals surface area contributed by atoms with Crippen molar-refractivity contribution < 1.29 is 18.0 Å². The van der Waals surface area contributed by atoms with Crippen LogP contribution >= 0.6 is 0 Å². The van der Waals surface area contributed by atoms with Crippen LogP contribution in [0.4, 0.5) is 23.7 Å². The molecule has 1 aromatic heterocycles.